The molecule has 0 aliphatic heterocycles. The van der Waals surface area contributed by atoms with Crippen LogP contribution in [0.15, 0.2) is 48.5 Å². The Morgan fingerprint density at radius 2 is 1.88 bits per heavy atom. The molecule has 130 valence electrons. The highest BCUT2D eigenvalue weighted by Crippen LogP contribution is 2.33. The third kappa shape index (κ3) is 3.94. The second kappa shape index (κ2) is 6.89. The van der Waals surface area contributed by atoms with Gasteiger partial charge in [-0.1, -0.05) is 18.2 Å². The van der Waals surface area contributed by atoms with Crippen molar-refractivity contribution in [1.29, 1.82) is 0 Å². The van der Waals surface area contributed by atoms with E-state index in [1.807, 2.05) is 0 Å². The van der Waals surface area contributed by atoms with Gasteiger partial charge in [-0.25, -0.2) is 0 Å². The second-order valence-electron chi connectivity index (χ2n) is 5.18. The number of aliphatic hydroxyl groups is 1. The smallest absolute Gasteiger partial charge is 0.394 e. The molecule has 1 aromatic heterocycles. The average molecular weight is 349 g/mol. The lowest BCUT2D eigenvalue weighted by Gasteiger charge is -2.12. The number of anilines is 2. The van der Waals surface area contributed by atoms with Gasteiger partial charge in [-0.3, -0.25) is 0 Å². The number of nitrogens with one attached hydrogen (secondary N) is 1. The first-order chi connectivity index (χ1) is 12.0. The van der Waals surface area contributed by atoms with Crippen LogP contribution in [0.5, 0.6) is 0 Å². The summed E-state index contributed by atoms with van der Waals surface area (Å²) in [5, 5.41) is 23.7. The second-order valence-corrected chi connectivity index (χ2v) is 5.18. The van der Waals surface area contributed by atoms with Gasteiger partial charge < -0.3 is 10.4 Å². The molecule has 0 radical (unpaired) electrons. The minimum Gasteiger partial charge on any atom is -0.394 e. The fourth-order valence-corrected chi connectivity index (χ4v) is 2.25. The van der Waals surface area contributed by atoms with Crippen LogP contribution >= 0.6 is 0 Å². The van der Waals surface area contributed by atoms with Gasteiger partial charge in [-0.05, 0) is 35.5 Å². The topological polar surface area (TPSA) is 75.9 Å². The van der Waals surface area contributed by atoms with E-state index < -0.39 is 11.7 Å². The molecule has 0 saturated heterocycles. The van der Waals surface area contributed by atoms with Gasteiger partial charge in [0.15, 0.2) is 0 Å². The van der Waals surface area contributed by atoms with Crippen molar-refractivity contribution in [3.63, 3.8) is 0 Å². The molecule has 0 bridgehead atoms. The maximum Gasteiger partial charge on any atom is 0.416 e. The van der Waals surface area contributed by atoms with Gasteiger partial charge in [-0.2, -0.15) is 18.0 Å². The monoisotopic (exact) mass is 349 g/mol. The van der Waals surface area contributed by atoms with Gasteiger partial charge in [0, 0.05) is 16.9 Å². The number of aliphatic hydroxyl groups excluding tert-OH is 1. The number of rotatable bonds is 5. The molecular formula is C16H14F3N5O. The molecule has 6 nitrogen and oxygen atoms in total. The molecular weight excluding hydrogens is 335 g/mol. The molecule has 0 amide bonds. The largest absolute Gasteiger partial charge is 0.416 e. The van der Waals surface area contributed by atoms with E-state index in [1.165, 1.54) is 10.9 Å². The fraction of sp³-hybridized carbons (Fsp3) is 0.188. The zero-order valence-corrected chi connectivity index (χ0v) is 12.9. The summed E-state index contributed by atoms with van der Waals surface area (Å²) >= 11 is 0. The number of alkyl halides is 3. The van der Waals surface area contributed by atoms with E-state index in [0.717, 1.165) is 12.1 Å². The first-order valence-corrected chi connectivity index (χ1v) is 7.40. The summed E-state index contributed by atoms with van der Waals surface area (Å²) in [5.74, 6) is 0.309. The Morgan fingerprint density at radius 1 is 1.08 bits per heavy atom. The van der Waals surface area contributed by atoms with E-state index in [0.29, 0.717) is 22.8 Å². The van der Waals surface area contributed by atoms with Gasteiger partial charge in [-0.15, -0.1) is 10.2 Å². The molecule has 0 atom stereocenters. The van der Waals surface area contributed by atoms with Crippen molar-refractivity contribution >= 4 is 11.4 Å². The van der Waals surface area contributed by atoms with Gasteiger partial charge in [0.1, 0.15) is 0 Å². The maximum atomic E-state index is 12.8. The lowest BCUT2D eigenvalue weighted by atomic mass is 10.1. The molecule has 0 aliphatic carbocycles. The van der Waals surface area contributed by atoms with Crippen LogP contribution in [-0.2, 0) is 12.7 Å². The van der Waals surface area contributed by atoms with Crippen LogP contribution in [0.2, 0.25) is 0 Å². The third-order valence-corrected chi connectivity index (χ3v) is 3.39. The molecule has 9 heteroatoms. The Balaban J connectivity index is 1.91. The number of hydrogen-bond donors (Lipinski definition) is 2. The van der Waals surface area contributed by atoms with Crippen molar-refractivity contribution in [3.8, 4) is 11.4 Å². The van der Waals surface area contributed by atoms with E-state index >= 15 is 0 Å². The van der Waals surface area contributed by atoms with E-state index in [1.54, 1.807) is 30.3 Å². The Labute approximate surface area is 140 Å². The number of para-hydroxylation sites is 1. The summed E-state index contributed by atoms with van der Waals surface area (Å²) < 4.78 is 38.5. The van der Waals surface area contributed by atoms with Crippen molar-refractivity contribution in [2.45, 2.75) is 12.7 Å². The molecule has 0 aliphatic rings. The highest BCUT2D eigenvalue weighted by atomic mass is 19.4. The Bertz CT molecular complexity index is 863. The zero-order chi connectivity index (χ0) is 17.9. The number of halogens is 3. The highest BCUT2D eigenvalue weighted by molar-refractivity contribution is 5.77. The molecule has 0 saturated carbocycles. The molecule has 25 heavy (non-hydrogen) atoms. The molecule has 1 heterocycles. The molecule has 0 spiro atoms. The minimum absolute atomic E-state index is 0.125. The third-order valence-electron chi connectivity index (χ3n) is 3.39. The van der Waals surface area contributed by atoms with E-state index in [2.05, 4.69) is 20.7 Å². The molecule has 0 unspecified atom stereocenters. The number of nitrogens with zero attached hydrogens (tertiary/aromatic N) is 4. The summed E-state index contributed by atoms with van der Waals surface area (Å²) in [6, 6.07) is 11.9. The minimum atomic E-state index is -4.41. The summed E-state index contributed by atoms with van der Waals surface area (Å²) in [7, 11) is 0. The first-order valence-electron chi connectivity index (χ1n) is 7.40. The molecule has 0 fully saturated rings. The number of aromatic nitrogens is 4. The van der Waals surface area contributed by atoms with Gasteiger partial charge in [0.2, 0.25) is 5.82 Å². The summed E-state index contributed by atoms with van der Waals surface area (Å²) in [6.45, 7) is 0.0795. The summed E-state index contributed by atoms with van der Waals surface area (Å²) in [4.78, 5) is 1.25. The van der Waals surface area contributed by atoms with Crippen LogP contribution in [0.25, 0.3) is 11.4 Å². The standard InChI is InChI=1S/C16H14F3N5O/c17-16(18,19)11-4-3-5-12(10-11)20-14-7-2-1-6-13(14)15-21-23-24(22-15)8-9-25/h1-7,10,20,25H,8-9H2. The van der Waals surface area contributed by atoms with Crippen LogP contribution < -0.4 is 5.32 Å². The fourth-order valence-electron chi connectivity index (χ4n) is 2.25. The van der Waals surface area contributed by atoms with Crippen molar-refractivity contribution in [2.24, 2.45) is 0 Å². The van der Waals surface area contributed by atoms with Gasteiger partial charge in [0.05, 0.1) is 18.7 Å². The van der Waals surface area contributed by atoms with Crippen molar-refractivity contribution < 1.29 is 18.3 Å². The van der Waals surface area contributed by atoms with E-state index in [4.69, 9.17) is 5.11 Å². The highest BCUT2D eigenvalue weighted by Gasteiger charge is 2.30. The zero-order valence-electron chi connectivity index (χ0n) is 12.9. The number of tetrazole rings is 1. The average Bonchev–Trinajstić information content (AvgIpc) is 3.04. The van der Waals surface area contributed by atoms with Crippen molar-refractivity contribution in [1.82, 2.24) is 20.2 Å². The van der Waals surface area contributed by atoms with Crippen LogP contribution in [-0.4, -0.2) is 31.9 Å². The SMILES string of the molecule is OCCn1nnc(-c2ccccc2Nc2cccc(C(F)(F)F)c2)n1. The van der Waals surface area contributed by atoms with Gasteiger partial charge >= 0.3 is 6.18 Å². The Kier molecular flexibility index (Phi) is 4.66. The van der Waals surface area contributed by atoms with E-state index in [-0.39, 0.29) is 13.2 Å². The van der Waals surface area contributed by atoms with Crippen LogP contribution in [0.1, 0.15) is 5.56 Å². The van der Waals surface area contributed by atoms with Gasteiger partial charge in [0.25, 0.3) is 0 Å². The lowest BCUT2D eigenvalue weighted by molar-refractivity contribution is -0.137. The van der Waals surface area contributed by atoms with Crippen LogP contribution in [0.3, 0.4) is 0 Å². The normalized spacial score (nSPS) is 11.5. The Hall–Kier alpha value is -2.94. The number of benzene rings is 2. The summed E-state index contributed by atoms with van der Waals surface area (Å²) in [5.41, 5.74) is 0.696. The predicted octanol–water partition coefficient (Wildman–Crippen LogP) is 3.09. The maximum absolute atomic E-state index is 12.8. The number of hydrogen-bond acceptors (Lipinski definition) is 5. The lowest BCUT2D eigenvalue weighted by Crippen LogP contribution is -2.06. The first kappa shape index (κ1) is 16.9. The molecule has 2 aromatic carbocycles. The van der Waals surface area contributed by atoms with Crippen LogP contribution in [0, 0.1) is 0 Å². The van der Waals surface area contributed by atoms with Crippen molar-refractivity contribution in [2.75, 3.05) is 11.9 Å². The summed E-state index contributed by atoms with van der Waals surface area (Å²) in [6.07, 6.45) is -4.41. The van der Waals surface area contributed by atoms with E-state index in [9.17, 15) is 13.2 Å². The predicted molar refractivity (Wildman–Crippen MR) is 85.1 cm³/mol. The van der Waals surface area contributed by atoms with Crippen molar-refractivity contribution in [3.05, 3.63) is 54.1 Å². The molecule has 2 N–H and O–H groups in total. The quantitative estimate of drug-likeness (QED) is 0.740. The Morgan fingerprint density at radius 3 is 2.64 bits per heavy atom. The van der Waals surface area contributed by atoms with Crippen LogP contribution in [0.4, 0.5) is 24.5 Å². The molecule has 3 aromatic rings. The molecule has 3 rings (SSSR count).